The summed E-state index contributed by atoms with van der Waals surface area (Å²) in [7, 11) is 0. The zero-order chi connectivity index (χ0) is 26.7. The molecule has 8 nitrogen and oxygen atoms in total. The van der Waals surface area contributed by atoms with Crippen LogP contribution in [0.2, 0.25) is 0 Å². The summed E-state index contributed by atoms with van der Waals surface area (Å²) >= 11 is 0. The minimum Gasteiger partial charge on any atom is -0.259 e. The van der Waals surface area contributed by atoms with Crippen molar-refractivity contribution in [3.05, 3.63) is 157 Å². The number of hydrogen-bond donors (Lipinski definition) is 2. The zero-order valence-electron chi connectivity index (χ0n) is 21.5. The molecule has 0 radical (unpaired) electrons. The van der Waals surface area contributed by atoms with E-state index in [2.05, 4.69) is 35.1 Å². The summed E-state index contributed by atoms with van der Waals surface area (Å²) in [5, 5.41) is 17.5. The van der Waals surface area contributed by atoms with Gasteiger partial charge in [-0.25, -0.2) is 0 Å². The third-order valence-electron chi connectivity index (χ3n) is 6.60. The van der Waals surface area contributed by atoms with Crippen molar-refractivity contribution < 1.29 is 0 Å². The van der Waals surface area contributed by atoms with E-state index in [9.17, 15) is 0 Å². The molecule has 0 unspecified atom stereocenters. The molecular formula is C32H26N8. The van der Waals surface area contributed by atoms with Crippen molar-refractivity contribution in [1.82, 2.24) is 10.9 Å². The minimum atomic E-state index is 0.748. The van der Waals surface area contributed by atoms with Crippen molar-refractivity contribution in [3.8, 4) is 0 Å². The first-order valence-corrected chi connectivity index (χ1v) is 13.1. The van der Waals surface area contributed by atoms with Crippen molar-refractivity contribution >= 4 is 34.4 Å². The average Bonchev–Trinajstić information content (AvgIpc) is 3.69. The summed E-state index contributed by atoms with van der Waals surface area (Å²) in [6.07, 6.45) is 0. The van der Waals surface area contributed by atoms with Crippen LogP contribution in [-0.2, 0) is 0 Å². The number of nitrogens with one attached hydrogen (secondary N) is 2. The SMILES string of the molecule is c1ccc(N2N=C(c3ccc(C4=NN(c5ccccc5)N(c5ccccc5)N4)cc3)NN2c2ccccc2)cc1. The number of nitrogens with zero attached hydrogens (tertiary/aromatic N) is 6. The van der Waals surface area contributed by atoms with Crippen LogP contribution in [0.15, 0.2) is 156 Å². The van der Waals surface area contributed by atoms with Crippen LogP contribution in [0.1, 0.15) is 11.1 Å². The van der Waals surface area contributed by atoms with Crippen LogP contribution in [0.25, 0.3) is 0 Å². The van der Waals surface area contributed by atoms with E-state index < -0.39 is 0 Å². The highest BCUT2D eigenvalue weighted by molar-refractivity contribution is 6.05. The monoisotopic (exact) mass is 522 g/mol. The van der Waals surface area contributed by atoms with E-state index in [0.717, 1.165) is 45.5 Å². The maximum atomic E-state index is 4.92. The molecule has 0 saturated heterocycles. The van der Waals surface area contributed by atoms with E-state index >= 15 is 0 Å². The first kappa shape index (κ1) is 23.4. The molecule has 0 spiro atoms. The lowest BCUT2D eigenvalue weighted by molar-refractivity contribution is 0.770. The van der Waals surface area contributed by atoms with E-state index in [-0.39, 0.29) is 0 Å². The summed E-state index contributed by atoms with van der Waals surface area (Å²) in [6.45, 7) is 0. The summed E-state index contributed by atoms with van der Waals surface area (Å²) in [4.78, 5) is 0. The van der Waals surface area contributed by atoms with Gasteiger partial charge in [0.2, 0.25) is 0 Å². The third kappa shape index (κ3) is 4.43. The molecule has 0 aliphatic carbocycles. The van der Waals surface area contributed by atoms with Gasteiger partial charge in [-0.1, -0.05) is 97.1 Å². The van der Waals surface area contributed by atoms with Gasteiger partial charge in [-0.3, -0.25) is 10.9 Å². The third-order valence-corrected chi connectivity index (χ3v) is 6.60. The molecule has 2 N–H and O–H groups in total. The van der Waals surface area contributed by atoms with Crippen LogP contribution in [0, 0.1) is 0 Å². The predicted octanol–water partition coefficient (Wildman–Crippen LogP) is 5.90. The van der Waals surface area contributed by atoms with Crippen LogP contribution in [0.4, 0.5) is 22.7 Å². The number of rotatable bonds is 6. The molecule has 0 saturated carbocycles. The Morgan fingerprint density at radius 2 is 0.650 bits per heavy atom. The van der Waals surface area contributed by atoms with Gasteiger partial charge in [-0.05, 0) is 48.5 Å². The number of hydrogen-bond acceptors (Lipinski definition) is 8. The average molecular weight is 523 g/mol. The minimum absolute atomic E-state index is 0.748. The molecule has 0 atom stereocenters. The topological polar surface area (TPSA) is 61.7 Å². The lowest BCUT2D eigenvalue weighted by Crippen LogP contribution is -2.44. The van der Waals surface area contributed by atoms with E-state index in [1.807, 2.05) is 142 Å². The van der Waals surface area contributed by atoms with E-state index in [1.54, 1.807) is 0 Å². The first-order valence-electron chi connectivity index (χ1n) is 13.1. The quantitative estimate of drug-likeness (QED) is 0.290. The number of para-hydroxylation sites is 4. The van der Waals surface area contributed by atoms with Crippen LogP contribution < -0.4 is 31.3 Å². The number of anilines is 4. The summed E-state index contributed by atoms with van der Waals surface area (Å²) in [6, 6.07) is 48.7. The summed E-state index contributed by atoms with van der Waals surface area (Å²) in [5.41, 5.74) is 12.7. The molecule has 0 aromatic heterocycles. The fourth-order valence-corrected chi connectivity index (χ4v) is 4.60. The fourth-order valence-electron chi connectivity index (χ4n) is 4.60. The van der Waals surface area contributed by atoms with Crippen molar-refractivity contribution in [2.24, 2.45) is 10.2 Å². The lowest BCUT2D eigenvalue weighted by atomic mass is 10.1. The number of amidine groups is 2. The molecule has 2 aliphatic heterocycles. The number of hydrazone groups is 2. The van der Waals surface area contributed by atoms with Crippen molar-refractivity contribution in [2.75, 3.05) is 20.5 Å². The maximum Gasteiger partial charge on any atom is 0.176 e. The maximum absolute atomic E-state index is 4.92. The van der Waals surface area contributed by atoms with Crippen molar-refractivity contribution in [1.29, 1.82) is 0 Å². The van der Waals surface area contributed by atoms with Gasteiger partial charge in [0.25, 0.3) is 0 Å². The molecule has 0 bridgehead atoms. The van der Waals surface area contributed by atoms with Gasteiger partial charge in [-0.2, -0.15) is 20.5 Å². The Morgan fingerprint density at radius 1 is 0.350 bits per heavy atom. The fraction of sp³-hybridized carbons (Fsp3) is 0. The molecular weight excluding hydrogens is 496 g/mol. The van der Waals surface area contributed by atoms with E-state index in [0.29, 0.717) is 0 Å². The van der Waals surface area contributed by atoms with Gasteiger partial charge in [-0.15, -0.1) is 10.2 Å². The second-order valence-corrected chi connectivity index (χ2v) is 9.24. The zero-order valence-corrected chi connectivity index (χ0v) is 21.5. The second kappa shape index (κ2) is 10.2. The Morgan fingerprint density at radius 3 is 0.975 bits per heavy atom. The van der Waals surface area contributed by atoms with Crippen LogP contribution in [0.3, 0.4) is 0 Å². The van der Waals surface area contributed by atoms with Gasteiger partial charge < -0.3 is 0 Å². The molecule has 5 aromatic rings. The lowest BCUT2D eigenvalue weighted by Gasteiger charge is -2.27. The van der Waals surface area contributed by atoms with E-state index in [1.165, 1.54) is 0 Å². The molecule has 0 amide bonds. The normalized spacial score (nSPS) is 14.5. The molecule has 8 heteroatoms. The Kier molecular flexibility index (Phi) is 5.95. The summed E-state index contributed by atoms with van der Waals surface area (Å²) in [5.74, 6) is 1.50. The van der Waals surface area contributed by atoms with Crippen molar-refractivity contribution in [2.45, 2.75) is 0 Å². The Balaban J connectivity index is 1.18. The van der Waals surface area contributed by atoms with Crippen LogP contribution in [0.5, 0.6) is 0 Å². The first-order chi connectivity index (χ1) is 19.8. The van der Waals surface area contributed by atoms with Gasteiger partial charge >= 0.3 is 0 Å². The molecule has 5 aromatic carbocycles. The number of hydrazine groups is 4. The van der Waals surface area contributed by atoms with Gasteiger partial charge in [0, 0.05) is 11.1 Å². The summed E-state index contributed by atoms with van der Waals surface area (Å²) < 4.78 is 0. The standard InChI is InChI=1S/C32H26N8/c1-5-13-27(14-6-1)37-33-31(34-38(37)28-15-7-2-8-16-28)25-21-23-26(24-22-25)32-35-39(29-17-9-3-10-18-29)40(36-32)30-19-11-4-12-20-30/h1-24H,(H,33,34)(H,35,36). The Hall–Kier alpha value is -5.76. The largest absolute Gasteiger partial charge is 0.259 e. The van der Waals surface area contributed by atoms with Crippen molar-refractivity contribution in [3.63, 3.8) is 0 Å². The highest BCUT2D eigenvalue weighted by Gasteiger charge is 2.28. The molecule has 2 aliphatic rings. The van der Waals surface area contributed by atoms with E-state index in [4.69, 9.17) is 10.2 Å². The van der Waals surface area contributed by atoms with Crippen LogP contribution >= 0.6 is 0 Å². The highest BCUT2D eigenvalue weighted by Crippen LogP contribution is 2.27. The molecule has 0 fully saturated rings. The molecule has 40 heavy (non-hydrogen) atoms. The van der Waals surface area contributed by atoms with Gasteiger partial charge in [0.05, 0.1) is 22.7 Å². The predicted molar refractivity (Wildman–Crippen MR) is 161 cm³/mol. The molecule has 194 valence electrons. The molecule has 2 heterocycles. The molecule has 7 rings (SSSR count). The number of benzene rings is 5. The second-order valence-electron chi connectivity index (χ2n) is 9.24. The Bertz CT molecular complexity index is 1510. The highest BCUT2D eigenvalue weighted by atomic mass is 16.0. The smallest absolute Gasteiger partial charge is 0.176 e. The van der Waals surface area contributed by atoms with Gasteiger partial charge in [0.1, 0.15) is 0 Å². The van der Waals surface area contributed by atoms with Gasteiger partial charge in [0.15, 0.2) is 11.7 Å². The Labute approximate surface area is 232 Å². The van der Waals surface area contributed by atoms with Crippen LogP contribution in [-0.4, -0.2) is 11.7 Å².